The lowest BCUT2D eigenvalue weighted by Gasteiger charge is -2.30. The summed E-state index contributed by atoms with van der Waals surface area (Å²) in [7, 11) is 0. The highest BCUT2D eigenvalue weighted by Crippen LogP contribution is 2.37. The second-order valence-corrected chi connectivity index (χ2v) is 9.57. The monoisotopic (exact) mass is 434 g/mol. The van der Waals surface area contributed by atoms with E-state index in [0.717, 1.165) is 79.3 Å². The van der Waals surface area contributed by atoms with Gasteiger partial charge in [-0.3, -0.25) is 4.79 Å². The topological polar surface area (TPSA) is 82.2 Å². The molecule has 6 nitrogen and oxygen atoms in total. The van der Waals surface area contributed by atoms with Crippen molar-refractivity contribution in [2.75, 3.05) is 25.0 Å². The first-order valence-electron chi connectivity index (χ1n) is 11.1. The van der Waals surface area contributed by atoms with Crippen LogP contribution in [0.5, 0.6) is 0 Å². The molecule has 0 radical (unpaired) electrons. The van der Waals surface area contributed by atoms with E-state index in [1.165, 1.54) is 11.3 Å². The van der Waals surface area contributed by atoms with Crippen molar-refractivity contribution in [3.8, 4) is 6.07 Å². The molecule has 1 aliphatic carbocycles. The van der Waals surface area contributed by atoms with Gasteiger partial charge in [-0.1, -0.05) is 12.1 Å². The Morgan fingerprint density at radius 2 is 2.06 bits per heavy atom. The SMILES string of the molecule is N#Cc1c(NC(=O)CCN2CCC(c3nc4ccccc4o3)CC2)sc2c1CCCC2. The summed E-state index contributed by atoms with van der Waals surface area (Å²) in [6.07, 6.45) is 6.71. The van der Waals surface area contributed by atoms with Crippen LogP contribution in [0.15, 0.2) is 28.7 Å². The van der Waals surface area contributed by atoms with Crippen molar-refractivity contribution in [2.24, 2.45) is 0 Å². The van der Waals surface area contributed by atoms with Crippen LogP contribution in [-0.4, -0.2) is 35.4 Å². The Balaban J connectivity index is 1.13. The van der Waals surface area contributed by atoms with Gasteiger partial charge in [-0.25, -0.2) is 4.98 Å². The maximum atomic E-state index is 12.6. The summed E-state index contributed by atoms with van der Waals surface area (Å²) >= 11 is 1.59. The number of carbonyl (C=O) groups is 1. The standard InChI is InChI=1S/C24H26N4O2S/c25-15-18-17-5-1-4-8-21(17)31-24(18)27-22(29)11-14-28-12-9-16(10-13-28)23-26-19-6-2-3-7-20(19)30-23/h2-3,6-7,16H,1,4-5,8-14H2,(H,27,29). The van der Waals surface area contributed by atoms with Gasteiger partial charge in [0.25, 0.3) is 0 Å². The zero-order valence-electron chi connectivity index (χ0n) is 17.5. The largest absolute Gasteiger partial charge is 0.440 e. The molecule has 1 N–H and O–H groups in total. The Bertz CT molecular complexity index is 1100. The fourth-order valence-corrected chi connectivity index (χ4v) is 5.95. The number of fused-ring (bicyclic) bond motifs is 2. The quantitative estimate of drug-likeness (QED) is 0.621. The van der Waals surface area contributed by atoms with E-state index in [-0.39, 0.29) is 5.91 Å². The molecule has 2 aromatic heterocycles. The summed E-state index contributed by atoms with van der Waals surface area (Å²) in [6.45, 7) is 2.61. The molecule has 0 atom stereocenters. The summed E-state index contributed by atoms with van der Waals surface area (Å²) in [5, 5.41) is 13.3. The average Bonchev–Trinajstić information content (AvgIpc) is 3.39. The van der Waals surface area contributed by atoms with Gasteiger partial charge in [-0.15, -0.1) is 11.3 Å². The summed E-state index contributed by atoms with van der Waals surface area (Å²) < 4.78 is 5.94. The third-order valence-electron chi connectivity index (χ3n) is 6.44. The van der Waals surface area contributed by atoms with Crippen LogP contribution in [0.25, 0.3) is 11.1 Å². The Morgan fingerprint density at radius 3 is 2.87 bits per heavy atom. The molecule has 2 aliphatic rings. The minimum atomic E-state index is -0.00355. The number of nitriles is 1. The summed E-state index contributed by atoms with van der Waals surface area (Å²) in [5.74, 6) is 1.17. The Morgan fingerprint density at radius 1 is 1.26 bits per heavy atom. The van der Waals surface area contributed by atoms with Crippen molar-refractivity contribution in [3.05, 3.63) is 46.2 Å². The van der Waals surface area contributed by atoms with Gasteiger partial charge in [-0.05, 0) is 69.3 Å². The van der Waals surface area contributed by atoms with Gasteiger partial charge >= 0.3 is 0 Å². The number of hydrogen-bond acceptors (Lipinski definition) is 6. The number of rotatable bonds is 5. The second kappa shape index (κ2) is 8.81. The highest BCUT2D eigenvalue weighted by molar-refractivity contribution is 7.16. The van der Waals surface area contributed by atoms with Crippen LogP contribution in [0, 0.1) is 11.3 Å². The highest BCUT2D eigenvalue weighted by Gasteiger charge is 2.25. The molecule has 0 saturated carbocycles. The maximum Gasteiger partial charge on any atom is 0.226 e. The van der Waals surface area contributed by atoms with Crippen LogP contribution in [0.4, 0.5) is 5.00 Å². The van der Waals surface area contributed by atoms with Gasteiger partial charge in [0.2, 0.25) is 5.91 Å². The molecule has 160 valence electrons. The summed E-state index contributed by atoms with van der Waals surface area (Å²) in [6, 6.07) is 10.2. The molecule has 1 fully saturated rings. The number of hydrogen-bond donors (Lipinski definition) is 1. The molecule has 0 unspecified atom stereocenters. The van der Waals surface area contributed by atoms with Crippen molar-refractivity contribution in [3.63, 3.8) is 0 Å². The van der Waals surface area contributed by atoms with Crippen molar-refractivity contribution in [1.82, 2.24) is 9.88 Å². The van der Waals surface area contributed by atoms with Gasteiger partial charge < -0.3 is 14.6 Å². The number of benzene rings is 1. The Labute approximate surface area is 185 Å². The zero-order valence-corrected chi connectivity index (χ0v) is 18.3. The first-order chi connectivity index (χ1) is 15.2. The molecule has 1 amide bonds. The molecule has 31 heavy (non-hydrogen) atoms. The second-order valence-electron chi connectivity index (χ2n) is 8.46. The molecule has 7 heteroatoms. The summed E-state index contributed by atoms with van der Waals surface area (Å²) in [5.41, 5.74) is 3.62. The van der Waals surface area contributed by atoms with Gasteiger partial charge in [-0.2, -0.15) is 5.26 Å². The van der Waals surface area contributed by atoms with Gasteiger partial charge in [0.15, 0.2) is 11.5 Å². The number of thiophene rings is 1. The summed E-state index contributed by atoms with van der Waals surface area (Å²) in [4.78, 5) is 20.8. The van der Waals surface area contributed by atoms with Crippen molar-refractivity contribution in [1.29, 1.82) is 5.26 Å². The number of amides is 1. The fraction of sp³-hybridized carbons (Fsp3) is 0.458. The Hall–Kier alpha value is -2.69. The van der Waals surface area contributed by atoms with Crippen molar-refractivity contribution >= 4 is 33.3 Å². The molecule has 1 saturated heterocycles. The van der Waals surface area contributed by atoms with E-state index in [1.807, 2.05) is 24.3 Å². The number of aromatic nitrogens is 1. The molecule has 3 aromatic rings. The predicted molar refractivity (Wildman–Crippen MR) is 121 cm³/mol. The maximum absolute atomic E-state index is 12.6. The number of likely N-dealkylation sites (tertiary alicyclic amines) is 1. The van der Waals surface area contributed by atoms with E-state index in [9.17, 15) is 10.1 Å². The molecular weight excluding hydrogens is 408 g/mol. The number of aryl methyl sites for hydroxylation is 1. The first-order valence-corrected chi connectivity index (χ1v) is 11.9. The van der Waals surface area contributed by atoms with Crippen molar-refractivity contribution in [2.45, 2.75) is 50.9 Å². The fourth-order valence-electron chi connectivity index (χ4n) is 4.69. The van der Waals surface area contributed by atoms with Gasteiger partial charge in [0.1, 0.15) is 16.6 Å². The third-order valence-corrected chi connectivity index (χ3v) is 7.65. The predicted octanol–water partition coefficient (Wildman–Crippen LogP) is 4.85. The van der Waals surface area contributed by atoms with Crippen molar-refractivity contribution < 1.29 is 9.21 Å². The smallest absolute Gasteiger partial charge is 0.226 e. The van der Waals surface area contributed by atoms with E-state index in [1.54, 1.807) is 11.3 Å². The van der Waals surface area contributed by atoms with Gasteiger partial charge in [0.05, 0.1) is 5.56 Å². The average molecular weight is 435 g/mol. The molecule has 0 spiro atoms. The van der Waals surface area contributed by atoms with Crippen LogP contribution >= 0.6 is 11.3 Å². The van der Waals surface area contributed by atoms with Crippen LogP contribution in [0.3, 0.4) is 0 Å². The van der Waals surface area contributed by atoms with E-state index >= 15 is 0 Å². The Kier molecular flexibility index (Phi) is 5.75. The minimum absolute atomic E-state index is 0.00355. The van der Waals surface area contributed by atoms with Crippen LogP contribution in [0.2, 0.25) is 0 Å². The zero-order chi connectivity index (χ0) is 21.2. The molecule has 3 heterocycles. The highest BCUT2D eigenvalue weighted by atomic mass is 32.1. The van der Waals surface area contributed by atoms with E-state index < -0.39 is 0 Å². The number of oxazole rings is 1. The number of anilines is 1. The molecule has 1 aromatic carbocycles. The molecule has 1 aliphatic heterocycles. The lowest BCUT2D eigenvalue weighted by atomic mass is 9.96. The van der Waals surface area contributed by atoms with Crippen LogP contribution in [0.1, 0.15) is 59.9 Å². The number of carbonyl (C=O) groups excluding carboxylic acids is 1. The van der Waals surface area contributed by atoms with E-state index in [0.29, 0.717) is 17.9 Å². The molecular formula is C24H26N4O2S. The van der Waals surface area contributed by atoms with Crippen LogP contribution < -0.4 is 5.32 Å². The molecule has 5 rings (SSSR count). The van der Waals surface area contributed by atoms with E-state index in [2.05, 4.69) is 21.3 Å². The number of nitrogens with zero attached hydrogens (tertiary/aromatic N) is 3. The number of piperidine rings is 1. The molecule has 0 bridgehead atoms. The number of nitrogens with one attached hydrogen (secondary N) is 1. The van der Waals surface area contributed by atoms with E-state index in [4.69, 9.17) is 4.42 Å². The number of para-hydroxylation sites is 2. The van der Waals surface area contributed by atoms with Crippen LogP contribution in [-0.2, 0) is 17.6 Å². The van der Waals surface area contributed by atoms with Gasteiger partial charge in [0, 0.05) is 23.8 Å². The normalized spacial score (nSPS) is 17.4. The minimum Gasteiger partial charge on any atom is -0.440 e. The first kappa shape index (κ1) is 20.2. The lowest BCUT2D eigenvalue weighted by molar-refractivity contribution is -0.116. The third kappa shape index (κ3) is 4.23. The lowest BCUT2D eigenvalue weighted by Crippen LogP contribution is -2.35.